The van der Waals surface area contributed by atoms with Gasteiger partial charge in [0.25, 0.3) is 0 Å². The first kappa shape index (κ1) is 38.9. The van der Waals surface area contributed by atoms with Crippen molar-refractivity contribution >= 4 is 33.2 Å². The fraction of sp³-hybridized carbons (Fsp3) is 0.488. The van der Waals surface area contributed by atoms with E-state index in [0.29, 0.717) is 30.8 Å². The number of hydrogen-bond acceptors (Lipinski definition) is 14. The largest absolute Gasteiger partial charge is 0.511 e. The fourth-order valence-electron chi connectivity index (χ4n) is 10.9. The van der Waals surface area contributed by atoms with Gasteiger partial charge in [-0.1, -0.05) is 83.0 Å². The standard InChI is InChI=1S/C43H48N2O10S2/c46-20-25-6-3-5-24(15-25)16-26-17-29-35(49)28-7-4-8-30-34(28)36(50)42(29,32(48)18-26)22-56-57-23-45-33-19-27(10-14-44-33)40(11-1-2-12-40)31-9-13-41(21-47)39(52)43(31,53)37(51)38(54-30)55-41/h3-8,10,15,17-19,29,31,37-39,44-48,51-53H,1-2,9,11-14,16,20-23H2/t29-,31-,37+,38-,39-,41-,42+,43-/m1/s1. The minimum Gasteiger partial charge on any atom is -0.511 e. The van der Waals surface area contributed by atoms with Crippen LogP contribution in [0, 0.1) is 22.7 Å². The Kier molecular flexibility index (Phi) is 9.96. The van der Waals surface area contributed by atoms with Crippen LogP contribution in [0.3, 0.4) is 0 Å². The van der Waals surface area contributed by atoms with Gasteiger partial charge in [0.2, 0.25) is 6.29 Å². The zero-order chi connectivity index (χ0) is 39.7. The molecule has 0 radical (unpaired) electrons. The van der Waals surface area contributed by atoms with Crippen LogP contribution in [0.4, 0.5) is 0 Å². The maximum atomic E-state index is 15.2. The molecule has 302 valence electrons. The molecular formula is C43H48N2O10S2. The van der Waals surface area contributed by atoms with Crippen molar-refractivity contribution in [3.63, 3.8) is 0 Å². The first-order valence-electron chi connectivity index (χ1n) is 19.7. The molecule has 57 heavy (non-hydrogen) atoms. The average molecular weight is 817 g/mol. The van der Waals surface area contributed by atoms with Crippen LogP contribution < -0.4 is 15.4 Å². The topological polar surface area (TPSA) is 198 Å². The zero-order valence-corrected chi connectivity index (χ0v) is 33.0. The molecule has 14 heteroatoms. The van der Waals surface area contributed by atoms with Crippen LogP contribution in [0.2, 0.25) is 0 Å². The van der Waals surface area contributed by atoms with Gasteiger partial charge in [-0.2, -0.15) is 0 Å². The monoisotopic (exact) mass is 816 g/mol. The van der Waals surface area contributed by atoms with Crippen LogP contribution in [0.5, 0.6) is 5.75 Å². The number of allylic oxidation sites excluding steroid dienone is 6. The van der Waals surface area contributed by atoms with E-state index in [1.54, 1.807) is 24.3 Å². The summed E-state index contributed by atoms with van der Waals surface area (Å²) in [7, 11) is 2.82. The summed E-state index contributed by atoms with van der Waals surface area (Å²) in [5.74, 6) is -1.73. The smallest absolute Gasteiger partial charge is 0.229 e. The Morgan fingerprint density at radius 3 is 2.53 bits per heavy atom. The molecule has 4 aliphatic carbocycles. The highest BCUT2D eigenvalue weighted by atomic mass is 33.1. The van der Waals surface area contributed by atoms with Gasteiger partial charge in [-0.25, -0.2) is 0 Å². The number of Topliss-reactive ketones (excluding diaryl/α,β-unsaturated/α-hetero) is 2. The van der Waals surface area contributed by atoms with Gasteiger partial charge in [-0.05, 0) is 72.6 Å². The highest BCUT2D eigenvalue weighted by Crippen LogP contribution is 2.62. The van der Waals surface area contributed by atoms with Crippen LogP contribution >= 0.6 is 21.6 Å². The molecule has 3 heterocycles. The van der Waals surface area contributed by atoms with E-state index in [1.165, 1.54) is 27.7 Å². The van der Waals surface area contributed by atoms with E-state index in [-0.39, 0.29) is 41.4 Å². The second-order valence-corrected chi connectivity index (χ2v) is 19.0. The lowest BCUT2D eigenvalue weighted by Crippen LogP contribution is -2.79. The number of dihydropyridines is 1. The minimum atomic E-state index is -2.19. The Morgan fingerprint density at radius 1 is 0.947 bits per heavy atom. The molecule has 7 bridgehead atoms. The van der Waals surface area contributed by atoms with Gasteiger partial charge in [0, 0.05) is 29.2 Å². The van der Waals surface area contributed by atoms with Crippen molar-refractivity contribution in [2.75, 3.05) is 24.8 Å². The van der Waals surface area contributed by atoms with Crippen molar-refractivity contribution in [3.8, 4) is 5.75 Å². The third-order valence-corrected chi connectivity index (χ3v) is 16.0. The molecule has 7 aliphatic rings. The maximum absolute atomic E-state index is 15.2. The predicted molar refractivity (Wildman–Crippen MR) is 214 cm³/mol. The molecule has 2 spiro atoms. The van der Waals surface area contributed by atoms with E-state index in [4.69, 9.17) is 9.47 Å². The third kappa shape index (κ3) is 5.88. The first-order valence-corrected chi connectivity index (χ1v) is 22.2. The van der Waals surface area contributed by atoms with Crippen LogP contribution in [0.25, 0.3) is 0 Å². The Balaban J connectivity index is 1.16. The van der Waals surface area contributed by atoms with Crippen LogP contribution in [-0.2, 0) is 17.8 Å². The average Bonchev–Trinajstić information content (AvgIpc) is 3.72. The predicted octanol–water partition coefficient (Wildman–Crippen LogP) is 3.99. The van der Waals surface area contributed by atoms with Crippen LogP contribution in [0.15, 0.2) is 89.5 Å². The summed E-state index contributed by atoms with van der Waals surface area (Å²) < 4.78 is 12.7. The molecule has 1 saturated heterocycles. The molecule has 0 amide bonds. The highest BCUT2D eigenvalue weighted by Gasteiger charge is 2.71. The second kappa shape index (κ2) is 14.6. The number of rotatable bonds is 4. The minimum absolute atomic E-state index is 0.0407. The Labute approximate surface area is 338 Å². The van der Waals surface area contributed by atoms with Gasteiger partial charge in [0.1, 0.15) is 40.3 Å². The molecule has 2 aromatic rings. The molecule has 3 fully saturated rings. The van der Waals surface area contributed by atoms with E-state index in [1.807, 2.05) is 30.3 Å². The zero-order valence-electron chi connectivity index (χ0n) is 31.4. The number of aliphatic hydroxyl groups excluding tert-OH is 5. The SMILES string of the molecule is O=C1c2cccc3c2C(=O)[C@]2(CSSCNC4=CC(=CCN4)C4(CCCC4)[C@H]4CC[C@]5(CO)O[C@@H](O3)[C@H](O)[C@@]4(O)[C@@H]5O)C(O)=CC(Cc3cccc(CO)c3)=C[C@H]12. The molecular weight excluding hydrogens is 769 g/mol. The van der Waals surface area contributed by atoms with Gasteiger partial charge in [-0.3, -0.25) is 9.59 Å². The number of ether oxygens (including phenoxy) is 2. The summed E-state index contributed by atoms with van der Waals surface area (Å²) >= 11 is 0. The lowest BCUT2D eigenvalue weighted by Gasteiger charge is -2.63. The van der Waals surface area contributed by atoms with Crippen LogP contribution in [0.1, 0.15) is 70.4 Å². The van der Waals surface area contributed by atoms with Gasteiger partial charge >= 0.3 is 0 Å². The number of fused-ring (bicyclic) bond motifs is 5. The van der Waals surface area contributed by atoms with E-state index in [9.17, 15) is 35.4 Å². The lowest BCUT2D eigenvalue weighted by molar-refractivity contribution is -0.383. The lowest BCUT2D eigenvalue weighted by atomic mass is 9.52. The van der Waals surface area contributed by atoms with Crippen LogP contribution in [-0.4, -0.2) is 96.7 Å². The van der Waals surface area contributed by atoms with E-state index < -0.39 is 70.5 Å². The van der Waals surface area contributed by atoms with E-state index >= 15 is 4.79 Å². The molecule has 8 N–H and O–H groups in total. The third-order valence-electron chi connectivity index (χ3n) is 13.8. The van der Waals surface area contributed by atoms with Gasteiger partial charge in [0.05, 0.1) is 36.4 Å². The molecule has 9 rings (SSSR count). The van der Waals surface area contributed by atoms with Gasteiger partial charge < -0.3 is 50.7 Å². The fourth-order valence-corrected chi connectivity index (χ4v) is 13.2. The Hall–Kier alpha value is -3.60. The molecule has 2 aromatic carbocycles. The Morgan fingerprint density at radius 2 is 1.74 bits per heavy atom. The molecule has 8 atom stereocenters. The van der Waals surface area contributed by atoms with Gasteiger partial charge in [-0.15, -0.1) is 0 Å². The number of benzene rings is 2. The summed E-state index contributed by atoms with van der Waals surface area (Å²) in [6.45, 7) is -0.267. The van der Waals surface area contributed by atoms with Crippen molar-refractivity contribution in [1.29, 1.82) is 0 Å². The molecule has 3 aliphatic heterocycles. The normalized spacial score (nSPS) is 35.6. The summed E-state index contributed by atoms with van der Waals surface area (Å²) in [6.07, 6.45) is 6.47. The van der Waals surface area contributed by atoms with E-state index in [0.717, 1.165) is 48.2 Å². The van der Waals surface area contributed by atoms with E-state index in [2.05, 4.69) is 16.7 Å². The number of carbonyl (C=O) groups is 2. The van der Waals surface area contributed by atoms with Gasteiger partial charge in [0.15, 0.2) is 11.6 Å². The van der Waals surface area contributed by atoms with Crippen molar-refractivity contribution in [3.05, 3.63) is 112 Å². The second-order valence-electron chi connectivity index (χ2n) is 16.6. The number of hydrogen-bond donors (Lipinski definition) is 8. The molecule has 0 aromatic heterocycles. The molecule has 12 nitrogen and oxygen atoms in total. The number of ketones is 2. The molecule has 0 unspecified atom stereocenters. The first-order chi connectivity index (χ1) is 27.5. The van der Waals surface area contributed by atoms with Crippen molar-refractivity contribution in [1.82, 2.24) is 10.6 Å². The quantitative estimate of drug-likeness (QED) is 0.206. The summed E-state index contributed by atoms with van der Waals surface area (Å²) in [6, 6.07) is 12.0. The number of nitrogens with one attached hydrogen (secondary N) is 2. The van der Waals surface area contributed by atoms with Crippen molar-refractivity contribution < 1.29 is 49.7 Å². The number of carbonyl (C=O) groups excluding carboxylic acids is 2. The number of aliphatic hydroxyl groups is 6. The van der Waals surface area contributed by atoms with Crippen molar-refractivity contribution in [2.45, 2.75) is 81.3 Å². The Bertz CT molecular complexity index is 2110. The highest BCUT2D eigenvalue weighted by molar-refractivity contribution is 8.76. The summed E-state index contributed by atoms with van der Waals surface area (Å²) in [5.41, 5.74) is -2.92. The summed E-state index contributed by atoms with van der Waals surface area (Å²) in [5, 5.41) is 76.6. The van der Waals surface area contributed by atoms with Crippen molar-refractivity contribution in [2.24, 2.45) is 22.7 Å². The maximum Gasteiger partial charge on any atom is 0.229 e. The summed E-state index contributed by atoms with van der Waals surface area (Å²) in [4.78, 5) is 29.9. The molecule has 2 saturated carbocycles.